The van der Waals surface area contributed by atoms with Crippen LogP contribution in [0.2, 0.25) is 0 Å². The van der Waals surface area contributed by atoms with Crippen molar-refractivity contribution in [2.24, 2.45) is 0 Å². The van der Waals surface area contributed by atoms with Crippen LogP contribution in [0.25, 0.3) is 33.5 Å². The van der Waals surface area contributed by atoms with E-state index in [1.165, 1.54) is 4.68 Å². The molecule has 0 bridgehead atoms. The molecule has 0 radical (unpaired) electrons. The Bertz CT molecular complexity index is 1090. The maximum atomic E-state index is 12.9. The van der Waals surface area contributed by atoms with Crippen LogP contribution in [0.5, 0.6) is 0 Å². The number of nitrogens with zero attached hydrogens (tertiary/aromatic N) is 5. The number of rotatable bonds is 7. The number of aromatic amines is 1. The Morgan fingerprint density at radius 1 is 1.25 bits per heavy atom. The largest absolute Gasteiger partial charge is 0.395 e. The maximum Gasteiger partial charge on any atom is 0.257 e. The summed E-state index contributed by atoms with van der Waals surface area (Å²) in [4.78, 5) is 15.9. The van der Waals surface area contributed by atoms with E-state index in [1.54, 1.807) is 30.9 Å². The van der Waals surface area contributed by atoms with Crippen molar-refractivity contribution in [1.82, 2.24) is 29.7 Å². The Morgan fingerprint density at radius 3 is 2.96 bits per heavy atom. The van der Waals surface area contributed by atoms with Gasteiger partial charge in [0.25, 0.3) is 6.43 Å². The molecule has 0 atom stereocenters. The molecule has 4 aromatic rings. The highest BCUT2D eigenvalue weighted by Crippen LogP contribution is 2.31. The molecule has 10 heteroatoms. The van der Waals surface area contributed by atoms with Crippen molar-refractivity contribution >= 4 is 17.0 Å². The third kappa shape index (κ3) is 3.67. The van der Waals surface area contributed by atoms with Gasteiger partial charge >= 0.3 is 0 Å². The molecule has 0 unspecified atom stereocenters. The first-order valence-electron chi connectivity index (χ1n) is 8.61. The number of hydrogen-bond acceptors (Lipinski definition) is 6. The third-order valence-electron chi connectivity index (χ3n) is 4.09. The first-order valence-corrected chi connectivity index (χ1v) is 8.61. The summed E-state index contributed by atoms with van der Waals surface area (Å²) >= 11 is 0. The lowest BCUT2D eigenvalue weighted by Crippen LogP contribution is -2.08. The number of aliphatic hydroxyl groups is 1. The number of H-pyrrole nitrogens is 1. The molecule has 3 N–H and O–H groups in total. The second-order valence-corrected chi connectivity index (χ2v) is 6.06. The van der Waals surface area contributed by atoms with Crippen LogP contribution >= 0.6 is 0 Å². The molecule has 8 nitrogen and oxygen atoms in total. The van der Waals surface area contributed by atoms with Crippen molar-refractivity contribution < 1.29 is 13.9 Å². The van der Waals surface area contributed by atoms with Gasteiger partial charge in [-0.2, -0.15) is 5.10 Å². The van der Waals surface area contributed by atoms with E-state index in [0.717, 1.165) is 11.0 Å². The van der Waals surface area contributed by atoms with Gasteiger partial charge < -0.3 is 15.4 Å². The zero-order valence-corrected chi connectivity index (χ0v) is 14.7. The van der Waals surface area contributed by atoms with E-state index in [2.05, 4.69) is 30.4 Å². The van der Waals surface area contributed by atoms with Gasteiger partial charge in [-0.3, -0.25) is 4.68 Å². The number of pyridine rings is 1. The molecule has 4 aromatic heterocycles. The lowest BCUT2D eigenvalue weighted by atomic mass is 10.1. The Balaban J connectivity index is 1.80. The Morgan fingerprint density at radius 2 is 2.14 bits per heavy atom. The second kappa shape index (κ2) is 7.69. The van der Waals surface area contributed by atoms with Crippen LogP contribution in [0.15, 0.2) is 43.0 Å². The SMILES string of the molecule is OCCNc1nccc(-c2cn(CC(F)F)nc2-c2cnc3[nH]ccc3c2)n1. The number of aromatic nitrogens is 6. The van der Waals surface area contributed by atoms with Gasteiger partial charge in [0, 0.05) is 47.8 Å². The van der Waals surface area contributed by atoms with Gasteiger partial charge in [-0.1, -0.05) is 0 Å². The third-order valence-corrected chi connectivity index (χ3v) is 4.09. The predicted octanol–water partition coefficient (Wildman–Crippen LogP) is 2.55. The molecule has 0 amide bonds. The molecule has 0 aliphatic carbocycles. The number of aliphatic hydroxyl groups excluding tert-OH is 1. The number of nitrogens with one attached hydrogen (secondary N) is 2. The highest BCUT2D eigenvalue weighted by Gasteiger charge is 2.17. The summed E-state index contributed by atoms with van der Waals surface area (Å²) in [5.74, 6) is 0.332. The second-order valence-electron chi connectivity index (χ2n) is 6.06. The summed E-state index contributed by atoms with van der Waals surface area (Å²) in [6, 6.07) is 5.45. The van der Waals surface area contributed by atoms with Gasteiger partial charge in [-0.15, -0.1) is 0 Å². The van der Waals surface area contributed by atoms with E-state index >= 15 is 0 Å². The maximum absolute atomic E-state index is 12.9. The molecule has 144 valence electrons. The summed E-state index contributed by atoms with van der Waals surface area (Å²) in [7, 11) is 0. The lowest BCUT2D eigenvalue weighted by molar-refractivity contribution is 0.122. The van der Waals surface area contributed by atoms with E-state index in [1.807, 2.05) is 12.1 Å². The Labute approximate surface area is 158 Å². The minimum Gasteiger partial charge on any atom is -0.395 e. The lowest BCUT2D eigenvalue weighted by Gasteiger charge is -2.05. The molecule has 0 saturated carbocycles. The quantitative estimate of drug-likeness (QED) is 0.452. The number of hydrogen-bond donors (Lipinski definition) is 3. The van der Waals surface area contributed by atoms with Crippen LogP contribution in [-0.2, 0) is 6.54 Å². The van der Waals surface area contributed by atoms with Crippen molar-refractivity contribution in [2.45, 2.75) is 13.0 Å². The molecule has 0 aliphatic rings. The van der Waals surface area contributed by atoms with E-state index in [4.69, 9.17) is 5.11 Å². The Kier molecular flexibility index (Phi) is 4.94. The average molecular weight is 385 g/mol. The number of anilines is 1. The smallest absolute Gasteiger partial charge is 0.257 e. The topological polar surface area (TPSA) is 105 Å². The fraction of sp³-hybridized carbons (Fsp3) is 0.222. The molecule has 0 fully saturated rings. The molecule has 4 heterocycles. The van der Waals surface area contributed by atoms with Crippen molar-refractivity contribution in [2.75, 3.05) is 18.5 Å². The normalized spacial score (nSPS) is 11.4. The summed E-state index contributed by atoms with van der Waals surface area (Å²) < 4.78 is 27.0. The summed E-state index contributed by atoms with van der Waals surface area (Å²) in [5.41, 5.74) is 3.04. The minimum absolute atomic E-state index is 0.0620. The van der Waals surface area contributed by atoms with Crippen LogP contribution in [0.3, 0.4) is 0 Å². The first kappa shape index (κ1) is 18.0. The first-order chi connectivity index (χ1) is 13.6. The fourth-order valence-corrected chi connectivity index (χ4v) is 2.89. The molecular formula is C18H17F2N7O. The van der Waals surface area contributed by atoms with Crippen LogP contribution in [-0.4, -0.2) is 54.4 Å². The number of fused-ring (bicyclic) bond motifs is 1. The zero-order valence-electron chi connectivity index (χ0n) is 14.7. The van der Waals surface area contributed by atoms with E-state index in [0.29, 0.717) is 35.0 Å². The molecule has 4 rings (SSSR count). The van der Waals surface area contributed by atoms with Gasteiger partial charge in [0.05, 0.1) is 12.3 Å². The minimum atomic E-state index is -2.53. The van der Waals surface area contributed by atoms with Gasteiger partial charge in [0.1, 0.15) is 17.9 Å². The van der Waals surface area contributed by atoms with Crippen LogP contribution in [0, 0.1) is 0 Å². The Hall–Kier alpha value is -3.40. The standard InChI is InChI=1S/C18H17F2N7O/c19-15(20)10-27-9-13(14-2-4-22-18(25-14)23-5-6-28)16(26-27)12-7-11-1-3-21-17(11)24-8-12/h1-4,7-9,15,28H,5-6,10H2,(H,21,24)(H,22,23,25). The number of alkyl halides is 2. The van der Waals surface area contributed by atoms with Crippen LogP contribution in [0.4, 0.5) is 14.7 Å². The summed E-state index contributed by atoms with van der Waals surface area (Å²) in [5, 5.41) is 17.1. The predicted molar refractivity (Wildman–Crippen MR) is 99.9 cm³/mol. The molecule has 0 aliphatic heterocycles. The molecule has 0 saturated heterocycles. The highest BCUT2D eigenvalue weighted by molar-refractivity contribution is 5.85. The summed E-state index contributed by atoms with van der Waals surface area (Å²) in [6.07, 6.45) is 3.99. The van der Waals surface area contributed by atoms with Gasteiger partial charge in [0.15, 0.2) is 0 Å². The molecule has 0 spiro atoms. The molecular weight excluding hydrogens is 368 g/mol. The van der Waals surface area contributed by atoms with Crippen LogP contribution < -0.4 is 5.32 Å². The molecule has 0 aromatic carbocycles. The van der Waals surface area contributed by atoms with Crippen LogP contribution in [0.1, 0.15) is 0 Å². The van der Waals surface area contributed by atoms with E-state index in [-0.39, 0.29) is 6.61 Å². The highest BCUT2D eigenvalue weighted by atomic mass is 19.3. The van der Waals surface area contributed by atoms with Gasteiger partial charge in [-0.05, 0) is 18.2 Å². The zero-order chi connectivity index (χ0) is 19.5. The van der Waals surface area contributed by atoms with Gasteiger partial charge in [-0.25, -0.2) is 23.7 Å². The fourth-order valence-electron chi connectivity index (χ4n) is 2.89. The van der Waals surface area contributed by atoms with Crippen molar-refractivity contribution in [3.8, 4) is 22.5 Å². The van der Waals surface area contributed by atoms with Crippen molar-refractivity contribution in [1.29, 1.82) is 0 Å². The van der Waals surface area contributed by atoms with Crippen molar-refractivity contribution in [3.63, 3.8) is 0 Å². The van der Waals surface area contributed by atoms with E-state index < -0.39 is 13.0 Å². The van der Waals surface area contributed by atoms with Crippen molar-refractivity contribution in [3.05, 3.63) is 43.0 Å². The van der Waals surface area contributed by atoms with Gasteiger partial charge in [0.2, 0.25) is 5.95 Å². The average Bonchev–Trinajstić information content (AvgIpc) is 3.32. The molecule has 28 heavy (non-hydrogen) atoms. The number of halogens is 2. The summed E-state index contributed by atoms with van der Waals surface area (Å²) in [6.45, 7) is -0.282. The van der Waals surface area contributed by atoms with E-state index in [9.17, 15) is 8.78 Å². The monoisotopic (exact) mass is 385 g/mol.